The lowest BCUT2D eigenvalue weighted by molar-refractivity contribution is 0.525. The van der Waals surface area contributed by atoms with E-state index in [1.807, 2.05) is 0 Å². The van der Waals surface area contributed by atoms with Gasteiger partial charge in [-0.25, -0.2) is 0 Å². The van der Waals surface area contributed by atoms with Gasteiger partial charge in [0.2, 0.25) is 0 Å². The second kappa shape index (κ2) is 6.68. The molecule has 0 aliphatic rings. The van der Waals surface area contributed by atoms with Crippen molar-refractivity contribution in [1.82, 2.24) is 0 Å². The maximum absolute atomic E-state index is 3.15. The van der Waals surface area contributed by atoms with Crippen LogP contribution in [0.5, 0.6) is 0 Å². The molecule has 0 rings (SSSR count). The standard InChI is InChI=1S/C10H18/c1-4-6-7-8-9-10(3)5-2/h10H,4-5,8-9H2,1-3H3. The Morgan fingerprint density at radius 1 is 1.20 bits per heavy atom. The summed E-state index contributed by atoms with van der Waals surface area (Å²) in [5, 5.41) is 0. The molecule has 0 heterocycles. The highest BCUT2D eigenvalue weighted by atomic mass is 14.0. The summed E-state index contributed by atoms with van der Waals surface area (Å²) >= 11 is 0. The van der Waals surface area contributed by atoms with Crippen molar-refractivity contribution in [2.75, 3.05) is 0 Å². The average Bonchev–Trinajstić information content (AvgIpc) is 1.98. The Hall–Kier alpha value is -0.440. The number of hydrogen-bond donors (Lipinski definition) is 0. The van der Waals surface area contributed by atoms with E-state index in [4.69, 9.17) is 0 Å². The fourth-order valence-corrected chi connectivity index (χ4v) is 0.736. The lowest BCUT2D eigenvalue weighted by atomic mass is 10.0. The SMILES string of the molecule is CCC#CCCC(C)CC. The lowest BCUT2D eigenvalue weighted by Crippen LogP contribution is -1.89. The predicted molar refractivity (Wildman–Crippen MR) is 46.8 cm³/mol. The van der Waals surface area contributed by atoms with Gasteiger partial charge in [-0.05, 0) is 12.3 Å². The van der Waals surface area contributed by atoms with Crippen LogP contribution in [0.1, 0.15) is 46.5 Å². The van der Waals surface area contributed by atoms with Gasteiger partial charge in [-0.15, -0.1) is 11.8 Å². The molecule has 1 atom stereocenters. The van der Waals surface area contributed by atoms with Crippen molar-refractivity contribution in [2.24, 2.45) is 5.92 Å². The highest BCUT2D eigenvalue weighted by Crippen LogP contribution is 2.07. The molecule has 0 bridgehead atoms. The second-order valence-electron chi connectivity index (χ2n) is 2.76. The van der Waals surface area contributed by atoms with Crippen molar-refractivity contribution in [2.45, 2.75) is 46.5 Å². The summed E-state index contributed by atoms with van der Waals surface area (Å²) in [6, 6.07) is 0. The van der Waals surface area contributed by atoms with Crippen LogP contribution in [-0.2, 0) is 0 Å². The summed E-state index contributed by atoms with van der Waals surface area (Å²) in [6.45, 7) is 6.61. The number of rotatable bonds is 3. The molecule has 0 aliphatic heterocycles. The summed E-state index contributed by atoms with van der Waals surface area (Å²) in [5.41, 5.74) is 0. The summed E-state index contributed by atoms with van der Waals surface area (Å²) in [5.74, 6) is 7.08. The van der Waals surface area contributed by atoms with E-state index in [0.717, 1.165) is 18.8 Å². The minimum Gasteiger partial charge on any atom is -0.104 e. The fraction of sp³-hybridized carbons (Fsp3) is 0.800. The molecule has 0 spiro atoms. The molecule has 0 heteroatoms. The monoisotopic (exact) mass is 138 g/mol. The van der Waals surface area contributed by atoms with Crippen molar-refractivity contribution in [1.29, 1.82) is 0 Å². The first-order chi connectivity index (χ1) is 4.81. The van der Waals surface area contributed by atoms with Gasteiger partial charge in [-0.1, -0.05) is 27.2 Å². The molecule has 0 aromatic heterocycles. The maximum Gasteiger partial charge on any atom is 0.00912 e. The highest BCUT2D eigenvalue weighted by Gasteiger charge is 1.94. The van der Waals surface area contributed by atoms with Crippen LogP contribution in [0, 0.1) is 17.8 Å². The molecule has 0 N–H and O–H groups in total. The fourth-order valence-electron chi connectivity index (χ4n) is 0.736. The molecule has 1 unspecified atom stereocenters. The third kappa shape index (κ3) is 5.69. The van der Waals surface area contributed by atoms with Crippen LogP contribution in [0.3, 0.4) is 0 Å². The first-order valence-corrected chi connectivity index (χ1v) is 4.27. The van der Waals surface area contributed by atoms with Crippen LogP contribution < -0.4 is 0 Å². The van der Waals surface area contributed by atoms with Crippen molar-refractivity contribution in [3.05, 3.63) is 0 Å². The van der Waals surface area contributed by atoms with Crippen molar-refractivity contribution < 1.29 is 0 Å². The van der Waals surface area contributed by atoms with Gasteiger partial charge in [-0.3, -0.25) is 0 Å². The Balaban J connectivity index is 3.18. The van der Waals surface area contributed by atoms with E-state index >= 15 is 0 Å². The molecule has 10 heavy (non-hydrogen) atoms. The summed E-state index contributed by atoms with van der Waals surface area (Å²) in [7, 11) is 0. The van der Waals surface area contributed by atoms with Gasteiger partial charge < -0.3 is 0 Å². The molecular formula is C10H18. The lowest BCUT2D eigenvalue weighted by Gasteiger charge is -2.02. The van der Waals surface area contributed by atoms with Gasteiger partial charge in [-0.2, -0.15) is 0 Å². The molecule has 58 valence electrons. The van der Waals surface area contributed by atoms with E-state index in [0.29, 0.717) is 0 Å². The first kappa shape index (κ1) is 9.56. The van der Waals surface area contributed by atoms with E-state index in [1.54, 1.807) is 0 Å². The minimum absolute atomic E-state index is 0.853. The largest absolute Gasteiger partial charge is 0.104 e. The van der Waals surface area contributed by atoms with Crippen LogP contribution in [0.4, 0.5) is 0 Å². The van der Waals surface area contributed by atoms with Gasteiger partial charge in [0.1, 0.15) is 0 Å². The van der Waals surface area contributed by atoms with Gasteiger partial charge >= 0.3 is 0 Å². The van der Waals surface area contributed by atoms with Crippen LogP contribution in [0.15, 0.2) is 0 Å². The zero-order chi connectivity index (χ0) is 7.82. The van der Waals surface area contributed by atoms with Crippen LogP contribution in [0.25, 0.3) is 0 Å². The molecule has 0 radical (unpaired) electrons. The Labute approximate surface area is 65.0 Å². The second-order valence-corrected chi connectivity index (χ2v) is 2.76. The predicted octanol–water partition coefficient (Wildman–Crippen LogP) is 3.23. The Kier molecular flexibility index (Phi) is 6.38. The van der Waals surface area contributed by atoms with Crippen LogP contribution in [-0.4, -0.2) is 0 Å². The number of hydrogen-bond acceptors (Lipinski definition) is 0. The van der Waals surface area contributed by atoms with E-state index in [2.05, 4.69) is 32.6 Å². The molecule has 0 fully saturated rings. The van der Waals surface area contributed by atoms with Gasteiger partial charge in [0.15, 0.2) is 0 Å². The first-order valence-electron chi connectivity index (χ1n) is 4.27. The Morgan fingerprint density at radius 3 is 2.40 bits per heavy atom. The average molecular weight is 138 g/mol. The zero-order valence-electron chi connectivity index (χ0n) is 7.41. The Bertz CT molecular complexity index is 114. The molecule has 0 nitrogen and oxygen atoms in total. The van der Waals surface area contributed by atoms with Crippen LogP contribution >= 0.6 is 0 Å². The topological polar surface area (TPSA) is 0 Å². The van der Waals surface area contributed by atoms with Crippen molar-refractivity contribution in [3.63, 3.8) is 0 Å². The van der Waals surface area contributed by atoms with Crippen LogP contribution in [0.2, 0.25) is 0 Å². The summed E-state index contributed by atoms with van der Waals surface area (Å²) < 4.78 is 0. The molecule has 0 amide bonds. The third-order valence-electron chi connectivity index (χ3n) is 1.76. The minimum atomic E-state index is 0.853. The van der Waals surface area contributed by atoms with Gasteiger partial charge in [0.05, 0.1) is 0 Å². The normalized spacial score (nSPS) is 11.9. The van der Waals surface area contributed by atoms with Gasteiger partial charge in [0.25, 0.3) is 0 Å². The van der Waals surface area contributed by atoms with Crippen molar-refractivity contribution >= 4 is 0 Å². The van der Waals surface area contributed by atoms with E-state index in [9.17, 15) is 0 Å². The molecule has 0 aromatic carbocycles. The summed E-state index contributed by atoms with van der Waals surface area (Å²) in [4.78, 5) is 0. The maximum atomic E-state index is 3.15. The summed E-state index contributed by atoms with van der Waals surface area (Å²) in [6.07, 6.45) is 4.64. The quantitative estimate of drug-likeness (QED) is 0.525. The van der Waals surface area contributed by atoms with E-state index in [1.165, 1.54) is 12.8 Å². The third-order valence-corrected chi connectivity index (χ3v) is 1.76. The smallest absolute Gasteiger partial charge is 0.00912 e. The molecule has 0 aromatic rings. The highest BCUT2D eigenvalue weighted by molar-refractivity contribution is 4.97. The molecular weight excluding hydrogens is 120 g/mol. The molecule has 0 saturated carbocycles. The molecule has 0 aliphatic carbocycles. The zero-order valence-corrected chi connectivity index (χ0v) is 7.41. The molecule has 0 saturated heterocycles. The Morgan fingerprint density at radius 2 is 1.90 bits per heavy atom. The van der Waals surface area contributed by atoms with Crippen molar-refractivity contribution in [3.8, 4) is 11.8 Å². The van der Waals surface area contributed by atoms with Gasteiger partial charge in [0, 0.05) is 12.8 Å². The van der Waals surface area contributed by atoms with E-state index < -0.39 is 0 Å². The van der Waals surface area contributed by atoms with E-state index in [-0.39, 0.29) is 0 Å².